The Labute approximate surface area is 208 Å². The van der Waals surface area contributed by atoms with Gasteiger partial charge in [-0.25, -0.2) is 4.68 Å². The van der Waals surface area contributed by atoms with E-state index in [4.69, 9.17) is 4.74 Å². The van der Waals surface area contributed by atoms with Crippen LogP contribution in [0.4, 0.5) is 24.5 Å². The minimum atomic E-state index is -4.47. The number of anilines is 1. The Morgan fingerprint density at radius 1 is 1.00 bits per heavy atom. The molecular formula is C25H20F3N5O4. The fourth-order valence-corrected chi connectivity index (χ4v) is 3.35. The van der Waals surface area contributed by atoms with Crippen molar-refractivity contribution < 1.29 is 27.6 Å². The number of nitrogens with one attached hydrogen (secondary N) is 1. The van der Waals surface area contributed by atoms with E-state index in [2.05, 4.69) is 15.4 Å². The molecule has 1 amide bonds. The number of carbonyl (C=O) groups is 1. The SMILES string of the molecule is CC(C)Oc1nc(-c2ccc(C(F)(F)F)cc2)n(-c2ccc(NC(=O)c3ccc([N+](=O)[O-])cc3)cc2)n1. The maximum absolute atomic E-state index is 13.0. The van der Waals surface area contributed by atoms with E-state index in [0.717, 1.165) is 12.1 Å². The van der Waals surface area contributed by atoms with Gasteiger partial charge in [-0.3, -0.25) is 14.9 Å². The number of nitro benzene ring substituents is 1. The van der Waals surface area contributed by atoms with E-state index >= 15 is 0 Å². The summed E-state index contributed by atoms with van der Waals surface area (Å²) >= 11 is 0. The molecule has 9 nitrogen and oxygen atoms in total. The predicted octanol–water partition coefficient (Wildman–Crippen LogP) is 5.90. The third-order valence-electron chi connectivity index (χ3n) is 5.11. The number of rotatable bonds is 7. The zero-order chi connectivity index (χ0) is 26.7. The third kappa shape index (κ3) is 5.92. The van der Waals surface area contributed by atoms with Gasteiger partial charge in [-0.05, 0) is 62.4 Å². The molecule has 0 aliphatic heterocycles. The summed E-state index contributed by atoms with van der Waals surface area (Å²) in [5, 5.41) is 17.8. The van der Waals surface area contributed by atoms with Gasteiger partial charge in [0.1, 0.15) is 0 Å². The van der Waals surface area contributed by atoms with E-state index in [0.29, 0.717) is 16.9 Å². The maximum Gasteiger partial charge on any atom is 0.416 e. The van der Waals surface area contributed by atoms with Gasteiger partial charge < -0.3 is 10.1 Å². The number of alkyl halides is 3. The molecule has 0 saturated heterocycles. The highest BCUT2D eigenvalue weighted by molar-refractivity contribution is 6.04. The largest absolute Gasteiger partial charge is 0.460 e. The van der Waals surface area contributed by atoms with E-state index < -0.39 is 22.6 Å². The summed E-state index contributed by atoms with van der Waals surface area (Å²) in [5.74, 6) is -0.187. The number of benzene rings is 3. The first kappa shape index (κ1) is 25.4. The molecule has 0 aliphatic rings. The van der Waals surface area contributed by atoms with Crippen molar-refractivity contribution in [2.75, 3.05) is 5.32 Å². The molecule has 12 heteroatoms. The molecule has 37 heavy (non-hydrogen) atoms. The normalized spacial score (nSPS) is 11.4. The lowest BCUT2D eigenvalue weighted by atomic mass is 10.1. The lowest BCUT2D eigenvalue weighted by Crippen LogP contribution is -2.12. The highest BCUT2D eigenvalue weighted by atomic mass is 19.4. The summed E-state index contributed by atoms with van der Waals surface area (Å²) in [4.78, 5) is 27.1. The highest BCUT2D eigenvalue weighted by Crippen LogP contribution is 2.32. The van der Waals surface area contributed by atoms with E-state index in [-0.39, 0.29) is 29.2 Å². The zero-order valence-corrected chi connectivity index (χ0v) is 19.6. The van der Waals surface area contributed by atoms with E-state index in [1.54, 1.807) is 38.1 Å². The first-order valence-corrected chi connectivity index (χ1v) is 11.0. The quantitative estimate of drug-likeness (QED) is 0.244. The number of ether oxygens (including phenoxy) is 1. The van der Waals surface area contributed by atoms with Crippen LogP contribution in [0.5, 0.6) is 6.01 Å². The second kappa shape index (κ2) is 10.1. The number of carbonyl (C=O) groups excluding carboxylic acids is 1. The molecule has 1 aromatic heterocycles. The van der Waals surface area contributed by atoms with Crippen molar-refractivity contribution in [2.45, 2.75) is 26.1 Å². The van der Waals surface area contributed by atoms with Crippen LogP contribution in [0.15, 0.2) is 72.8 Å². The second-order valence-electron chi connectivity index (χ2n) is 8.18. The van der Waals surface area contributed by atoms with Gasteiger partial charge in [0, 0.05) is 28.9 Å². The monoisotopic (exact) mass is 511 g/mol. The average Bonchev–Trinajstić information content (AvgIpc) is 3.27. The topological polar surface area (TPSA) is 112 Å². The molecule has 0 fully saturated rings. The fraction of sp³-hybridized carbons (Fsp3) is 0.160. The molecule has 0 radical (unpaired) electrons. The Morgan fingerprint density at radius 3 is 2.16 bits per heavy atom. The van der Waals surface area contributed by atoms with Gasteiger partial charge in [-0.2, -0.15) is 18.2 Å². The zero-order valence-electron chi connectivity index (χ0n) is 19.6. The number of nitrogens with zero attached hydrogens (tertiary/aromatic N) is 4. The van der Waals surface area contributed by atoms with Gasteiger partial charge >= 0.3 is 12.2 Å². The van der Waals surface area contributed by atoms with Crippen LogP contribution in [0, 0.1) is 10.1 Å². The number of hydrogen-bond donors (Lipinski definition) is 1. The first-order valence-electron chi connectivity index (χ1n) is 11.0. The number of halogens is 3. The number of hydrogen-bond acceptors (Lipinski definition) is 6. The van der Waals surface area contributed by atoms with E-state index in [9.17, 15) is 28.1 Å². The Hall–Kier alpha value is -4.74. The lowest BCUT2D eigenvalue weighted by molar-refractivity contribution is -0.384. The van der Waals surface area contributed by atoms with Crippen molar-refractivity contribution >= 4 is 17.3 Å². The number of non-ortho nitro benzene ring substituents is 1. The summed E-state index contributed by atoms with van der Waals surface area (Å²) in [7, 11) is 0. The molecule has 4 aromatic rings. The summed E-state index contributed by atoms with van der Waals surface area (Å²) in [6.07, 6.45) is -4.69. The van der Waals surface area contributed by atoms with Crippen molar-refractivity contribution in [3.63, 3.8) is 0 Å². The molecule has 4 rings (SSSR count). The summed E-state index contributed by atoms with van der Waals surface area (Å²) in [5.41, 5.74) is 0.699. The highest BCUT2D eigenvalue weighted by Gasteiger charge is 2.30. The lowest BCUT2D eigenvalue weighted by Gasteiger charge is -2.10. The smallest absolute Gasteiger partial charge is 0.416 e. The van der Waals surface area contributed by atoms with Gasteiger partial charge in [0.05, 0.1) is 22.3 Å². The molecule has 3 aromatic carbocycles. The number of aromatic nitrogens is 3. The van der Waals surface area contributed by atoms with Crippen LogP contribution in [-0.4, -0.2) is 31.7 Å². The maximum atomic E-state index is 13.0. The molecule has 0 bridgehead atoms. The Kier molecular flexibility index (Phi) is 6.92. The molecule has 0 saturated carbocycles. The first-order chi connectivity index (χ1) is 17.5. The number of nitro groups is 1. The fourth-order valence-electron chi connectivity index (χ4n) is 3.35. The van der Waals surface area contributed by atoms with Gasteiger partial charge in [0.25, 0.3) is 11.6 Å². The van der Waals surface area contributed by atoms with E-state index in [1.807, 2.05) is 0 Å². The van der Waals surface area contributed by atoms with Gasteiger partial charge in [0.2, 0.25) is 0 Å². The van der Waals surface area contributed by atoms with E-state index in [1.165, 1.54) is 41.1 Å². The summed E-state index contributed by atoms with van der Waals surface area (Å²) < 4.78 is 46.0. The average molecular weight is 511 g/mol. The van der Waals surface area contributed by atoms with Crippen molar-refractivity contribution in [3.05, 3.63) is 94.0 Å². The van der Waals surface area contributed by atoms with Crippen molar-refractivity contribution in [2.24, 2.45) is 0 Å². The van der Waals surface area contributed by atoms with Crippen LogP contribution in [0.2, 0.25) is 0 Å². The van der Waals surface area contributed by atoms with Crippen LogP contribution in [0.1, 0.15) is 29.8 Å². The van der Waals surface area contributed by atoms with Crippen LogP contribution < -0.4 is 10.1 Å². The predicted molar refractivity (Wildman–Crippen MR) is 129 cm³/mol. The molecule has 1 N–H and O–H groups in total. The Morgan fingerprint density at radius 2 is 1.62 bits per heavy atom. The third-order valence-corrected chi connectivity index (χ3v) is 5.11. The molecular weight excluding hydrogens is 491 g/mol. The van der Waals surface area contributed by atoms with Gasteiger partial charge in [0.15, 0.2) is 5.82 Å². The molecule has 1 heterocycles. The molecule has 0 aliphatic carbocycles. The summed E-state index contributed by atoms with van der Waals surface area (Å²) in [6, 6.07) is 16.3. The van der Waals surface area contributed by atoms with Gasteiger partial charge in [-0.1, -0.05) is 12.1 Å². The molecule has 0 unspecified atom stereocenters. The molecule has 0 atom stereocenters. The van der Waals surface area contributed by atoms with Crippen LogP contribution in [0.25, 0.3) is 17.1 Å². The van der Waals surface area contributed by atoms with Crippen LogP contribution in [-0.2, 0) is 6.18 Å². The Bertz CT molecular complexity index is 1410. The van der Waals surface area contributed by atoms with Gasteiger partial charge in [-0.15, -0.1) is 5.10 Å². The van der Waals surface area contributed by atoms with Crippen molar-refractivity contribution in [1.82, 2.24) is 14.8 Å². The van der Waals surface area contributed by atoms with Crippen LogP contribution >= 0.6 is 0 Å². The second-order valence-corrected chi connectivity index (χ2v) is 8.18. The molecule has 0 spiro atoms. The minimum absolute atomic E-state index is 0.0560. The molecule has 190 valence electrons. The number of amides is 1. The van der Waals surface area contributed by atoms with Crippen molar-refractivity contribution in [3.8, 4) is 23.1 Å². The summed E-state index contributed by atoms with van der Waals surface area (Å²) in [6.45, 7) is 3.59. The minimum Gasteiger partial charge on any atom is -0.460 e. The Balaban J connectivity index is 1.59. The standard InChI is InChI=1S/C25H20F3N5O4/c1-15(2)37-24-30-22(16-3-7-18(8-4-16)25(26,27)28)32(31-24)20-13-9-19(10-14-20)29-23(34)17-5-11-21(12-6-17)33(35)36/h3-15H,1-2H3,(H,29,34). The van der Waals surface area contributed by atoms with Crippen LogP contribution in [0.3, 0.4) is 0 Å². The van der Waals surface area contributed by atoms with Crippen molar-refractivity contribution in [1.29, 1.82) is 0 Å².